The monoisotopic (exact) mass is 199 g/mol. The first-order valence-electron chi connectivity index (χ1n) is 4.78. The Morgan fingerprint density at radius 3 is 2.93 bits per heavy atom. The van der Waals surface area contributed by atoms with Crippen LogP contribution in [0.15, 0.2) is 22.8 Å². The van der Waals surface area contributed by atoms with Gasteiger partial charge in [-0.2, -0.15) is 5.48 Å². The van der Waals surface area contributed by atoms with Crippen LogP contribution in [0.4, 0.5) is 0 Å². The molecule has 0 bridgehead atoms. The highest BCUT2D eigenvalue weighted by atomic mass is 16.7. The number of ether oxygens (including phenoxy) is 1. The van der Waals surface area contributed by atoms with Crippen molar-refractivity contribution in [1.82, 2.24) is 5.48 Å². The van der Waals surface area contributed by atoms with E-state index in [0.717, 1.165) is 12.2 Å². The molecule has 1 heterocycles. The highest BCUT2D eigenvalue weighted by Gasteiger charge is 2.10. The van der Waals surface area contributed by atoms with E-state index < -0.39 is 0 Å². The van der Waals surface area contributed by atoms with Gasteiger partial charge in [0.15, 0.2) is 0 Å². The van der Waals surface area contributed by atoms with E-state index in [0.29, 0.717) is 13.2 Å². The van der Waals surface area contributed by atoms with Crippen molar-refractivity contribution in [2.45, 2.75) is 19.4 Å². The van der Waals surface area contributed by atoms with Crippen LogP contribution in [0, 0.1) is 0 Å². The maximum absolute atomic E-state index is 5.27. The Morgan fingerprint density at radius 2 is 2.36 bits per heavy atom. The fraction of sp³-hybridized carbons (Fsp3) is 0.600. The lowest BCUT2D eigenvalue weighted by atomic mass is 10.2. The van der Waals surface area contributed by atoms with Crippen LogP contribution >= 0.6 is 0 Å². The van der Waals surface area contributed by atoms with Gasteiger partial charge < -0.3 is 9.15 Å². The van der Waals surface area contributed by atoms with E-state index in [9.17, 15) is 0 Å². The van der Waals surface area contributed by atoms with E-state index in [1.54, 1.807) is 13.4 Å². The van der Waals surface area contributed by atoms with Gasteiger partial charge in [-0.3, -0.25) is 4.84 Å². The van der Waals surface area contributed by atoms with E-state index in [1.165, 1.54) is 0 Å². The van der Waals surface area contributed by atoms with Gasteiger partial charge in [0.25, 0.3) is 0 Å². The van der Waals surface area contributed by atoms with Crippen molar-refractivity contribution in [1.29, 1.82) is 0 Å². The lowest BCUT2D eigenvalue weighted by molar-refractivity contribution is -0.0167. The second-order valence-electron chi connectivity index (χ2n) is 2.94. The first kappa shape index (κ1) is 11.2. The number of hydroxylamine groups is 1. The van der Waals surface area contributed by atoms with Gasteiger partial charge in [-0.25, -0.2) is 0 Å². The third kappa shape index (κ3) is 3.49. The predicted octanol–water partition coefficient (Wildman–Crippen LogP) is 1.90. The molecule has 1 N–H and O–H groups in total. The van der Waals surface area contributed by atoms with Crippen LogP contribution in [-0.4, -0.2) is 20.3 Å². The minimum absolute atomic E-state index is 0.113. The molecule has 4 nitrogen and oxygen atoms in total. The Hall–Kier alpha value is -0.840. The van der Waals surface area contributed by atoms with Gasteiger partial charge in [0.2, 0.25) is 0 Å². The number of nitrogens with one attached hydrogen (secondary N) is 1. The van der Waals surface area contributed by atoms with Crippen molar-refractivity contribution in [3.05, 3.63) is 24.2 Å². The van der Waals surface area contributed by atoms with Crippen molar-refractivity contribution in [2.24, 2.45) is 0 Å². The average molecular weight is 199 g/mol. The molecule has 0 aromatic carbocycles. The maximum Gasteiger partial charge on any atom is 0.122 e. The van der Waals surface area contributed by atoms with Crippen LogP contribution in [0.1, 0.15) is 25.1 Å². The fourth-order valence-corrected chi connectivity index (χ4v) is 1.12. The smallest absolute Gasteiger partial charge is 0.122 e. The molecule has 0 aliphatic heterocycles. The molecule has 1 unspecified atom stereocenters. The van der Waals surface area contributed by atoms with Gasteiger partial charge in [-0.15, -0.1) is 0 Å². The molecule has 0 fully saturated rings. The molecular formula is C10H17NO3. The molecule has 0 amide bonds. The minimum atomic E-state index is 0.113. The molecule has 1 rings (SSSR count). The zero-order chi connectivity index (χ0) is 10.2. The SMILES string of the molecule is CCC(NOCCOC)c1ccco1. The zero-order valence-corrected chi connectivity index (χ0v) is 8.66. The molecule has 0 radical (unpaired) electrons. The topological polar surface area (TPSA) is 43.6 Å². The fourth-order valence-electron chi connectivity index (χ4n) is 1.12. The minimum Gasteiger partial charge on any atom is -0.468 e. The molecule has 14 heavy (non-hydrogen) atoms. The van der Waals surface area contributed by atoms with Crippen LogP contribution < -0.4 is 5.48 Å². The Labute approximate surface area is 84.1 Å². The van der Waals surface area contributed by atoms with Crippen LogP contribution in [0.2, 0.25) is 0 Å². The molecule has 1 atom stereocenters. The van der Waals surface area contributed by atoms with Gasteiger partial charge in [-0.1, -0.05) is 6.92 Å². The van der Waals surface area contributed by atoms with E-state index >= 15 is 0 Å². The summed E-state index contributed by atoms with van der Waals surface area (Å²) in [6, 6.07) is 3.91. The summed E-state index contributed by atoms with van der Waals surface area (Å²) in [7, 11) is 1.65. The Balaban J connectivity index is 2.26. The van der Waals surface area contributed by atoms with Gasteiger partial charge in [0, 0.05) is 7.11 Å². The van der Waals surface area contributed by atoms with E-state index in [2.05, 4.69) is 12.4 Å². The quantitative estimate of drug-likeness (QED) is 0.538. The highest BCUT2D eigenvalue weighted by Crippen LogP contribution is 2.16. The summed E-state index contributed by atoms with van der Waals surface area (Å²) in [5.41, 5.74) is 2.93. The standard InChI is InChI=1S/C10H17NO3/c1-3-9(10-5-4-6-13-10)11-14-8-7-12-2/h4-6,9,11H,3,7-8H2,1-2H3. The number of hydrogen-bond donors (Lipinski definition) is 1. The number of furan rings is 1. The van der Waals surface area contributed by atoms with E-state index in [1.807, 2.05) is 12.1 Å². The molecule has 1 aromatic rings. The second-order valence-corrected chi connectivity index (χ2v) is 2.94. The summed E-state index contributed by atoms with van der Waals surface area (Å²) in [6.07, 6.45) is 2.58. The molecule has 80 valence electrons. The summed E-state index contributed by atoms with van der Waals surface area (Å²) in [5, 5.41) is 0. The zero-order valence-electron chi connectivity index (χ0n) is 8.66. The molecule has 4 heteroatoms. The van der Waals surface area contributed by atoms with Gasteiger partial charge in [0.05, 0.1) is 25.5 Å². The molecule has 0 aliphatic rings. The van der Waals surface area contributed by atoms with Crippen LogP contribution in [-0.2, 0) is 9.57 Å². The van der Waals surface area contributed by atoms with Gasteiger partial charge in [0.1, 0.15) is 5.76 Å². The van der Waals surface area contributed by atoms with Gasteiger partial charge in [-0.05, 0) is 18.6 Å². The first-order chi connectivity index (χ1) is 6.88. The number of methoxy groups -OCH3 is 1. The van der Waals surface area contributed by atoms with Crippen LogP contribution in [0.5, 0.6) is 0 Å². The van der Waals surface area contributed by atoms with E-state index in [-0.39, 0.29) is 6.04 Å². The molecule has 0 spiro atoms. The highest BCUT2D eigenvalue weighted by molar-refractivity contribution is 5.03. The molecule has 0 saturated heterocycles. The van der Waals surface area contributed by atoms with Crippen LogP contribution in [0.25, 0.3) is 0 Å². The third-order valence-corrected chi connectivity index (χ3v) is 1.91. The van der Waals surface area contributed by atoms with Crippen LogP contribution in [0.3, 0.4) is 0 Å². The van der Waals surface area contributed by atoms with Crippen molar-refractivity contribution in [3.8, 4) is 0 Å². The summed E-state index contributed by atoms with van der Waals surface area (Å²) < 4.78 is 10.1. The van der Waals surface area contributed by atoms with Crippen molar-refractivity contribution < 1.29 is 14.0 Å². The molecule has 0 aliphatic carbocycles. The normalized spacial score (nSPS) is 13.0. The predicted molar refractivity (Wildman–Crippen MR) is 52.7 cm³/mol. The lowest BCUT2D eigenvalue weighted by Crippen LogP contribution is -2.22. The summed E-state index contributed by atoms with van der Waals surface area (Å²) in [5.74, 6) is 0.893. The Morgan fingerprint density at radius 1 is 1.50 bits per heavy atom. The summed E-state index contributed by atoms with van der Waals surface area (Å²) >= 11 is 0. The van der Waals surface area contributed by atoms with Crippen molar-refractivity contribution in [2.75, 3.05) is 20.3 Å². The average Bonchev–Trinajstić information content (AvgIpc) is 2.71. The van der Waals surface area contributed by atoms with Crippen molar-refractivity contribution >= 4 is 0 Å². The number of rotatable bonds is 7. The first-order valence-corrected chi connectivity index (χ1v) is 4.78. The lowest BCUT2D eigenvalue weighted by Gasteiger charge is -2.13. The second kappa shape index (κ2) is 6.59. The Kier molecular flexibility index (Phi) is 5.29. The maximum atomic E-state index is 5.27. The molecule has 0 saturated carbocycles. The third-order valence-electron chi connectivity index (χ3n) is 1.91. The summed E-state index contributed by atoms with van der Waals surface area (Å²) in [4.78, 5) is 5.22. The molecule has 1 aromatic heterocycles. The number of hydrogen-bond acceptors (Lipinski definition) is 4. The van der Waals surface area contributed by atoms with Crippen molar-refractivity contribution in [3.63, 3.8) is 0 Å². The molecular weight excluding hydrogens is 182 g/mol. The summed E-state index contributed by atoms with van der Waals surface area (Å²) in [6.45, 7) is 3.19. The largest absolute Gasteiger partial charge is 0.468 e. The van der Waals surface area contributed by atoms with E-state index in [4.69, 9.17) is 14.0 Å². The van der Waals surface area contributed by atoms with Gasteiger partial charge >= 0.3 is 0 Å². The Bertz CT molecular complexity index is 223.